The highest BCUT2D eigenvalue weighted by molar-refractivity contribution is 9.10. The Bertz CT molecular complexity index is 397. The van der Waals surface area contributed by atoms with Crippen molar-refractivity contribution < 1.29 is 5.11 Å². The van der Waals surface area contributed by atoms with Gasteiger partial charge in [0.25, 0.3) is 0 Å². The van der Waals surface area contributed by atoms with Crippen LogP contribution in [0.15, 0.2) is 22.7 Å². The van der Waals surface area contributed by atoms with Crippen LogP contribution in [0.2, 0.25) is 5.02 Å². The molecule has 102 valence electrons. The first-order valence-corrected chi connectivity index (χ1v) is 7.15. The van der Waals surface area contributed by atoms with Crippen LogP contribution in [0.4, 0.5) is 0 Å². The Labute approximate surface area is 127 Å². The van der Waals surface area contributed by atoms with E-state index in [4.69, 9.17) is 17.3 Å². The van der Waals surface area contributed by atoms with E-state index in [-0.39, 0.29) is 18.4 Å². The largest absolute Gasteiger partial charge is 0.391 e. The summed E-state index contributed by atoms with van der Waals surface area (Å²) < 4.78 is 0.825. The molecule has 0 aromatic heterocycles. The molecule has 0 aliphatic heterocycles. The van der Waals surface area contributed by atoms with Crippen molar-refractivity contribution in [2.24, 2.45) is 11.7 Å². The van der Waals surface area contributed by atoms with Gasteiger partial charge in [-0.2, -0.15) is 0 Å². The molecule has 0 unspecified atom stereocenters. The number of aliphatic hydroxyl groups excluding tert-OH is 1. The smallest absolute Gasteiger partial charge is 0.0760 e. The lowest BCUT2D eigenvalue weighted by Crippen LogP contribution is -2.31. The maximum absolute atomic E-state index is 10.3. The van der Waals surface area contributed by atoms with Gasteiger partial charge in [0.2, 0.25) is 0 Å². The predicted molar refractivity (Wildman–Crippen MR) is 81.3 cm³/mol. The third-order valence-corrected chi connectivity index (χ3v) is 4.79. The van der Waals surface area contributed by atoms with Crippen molar-refractivity contribution in [3.8, 4) is 0 Å². The van der Waals surface area contributed by atoms with E-state index in [2.05, 4.69) is 15.9 Å². The second kappa shape index (κ2) is 7.11. The minimum absolute atomic E-state index is 0. The van der Waals surface area contributed by atoms with Gasteiger partial charge >= 0.3 is 0 Å². The Hall–Kier alpha value is 0.200. The summed E-state index contributed by atoms with van der Waals surface area (Å²) in [6, 6.07) is 5.26. The number of halogens is 3. The minimum Gasteiger partial charge on any atom is -0.391 e. The number of rotatable bonds is 3. The summed E-state index contributed by atoms with van der Waals surface area (Å²) in [5.41, 5.74) is 7.05. The van der Waals surface area contributed by atoms with Crippen LogP contribution in [0.5, 0.6) is 0 Å². The van der Waals surface area contributed by atoms with Gasteiger partial charge in [-0.25, -0.2) is 0 Å². The topological polar surface area (TPSA) is 46.2 Å². The molecule has 5 heteroatoms. The summed E-state index contributed by atoms with van der Waals surface area (Å²) in [6.45, 7) is 0. The molecule has 0 saturated heterocycles. The van der Waals surface area contributed by atoms with E-state index < -0.39 is 6.10 Å². The lowest BCUT2D eigenvalue weighted by Gasteiger charge is -2.24. The second-order valence-electron chi connectivity index (χ2n) is 4.73. The number of aliphatic hydroxyl groups is 1. The highest BCUT2D eigenvalue weighted by Crippen LogP contribution is 2.34. The van der Waals surface area contributed by atoms with Crippen LogP contribution in [0.1, 0.15) is 37.3 Å². The van der Waals surface area contributed by atoms with Crippen molar-refractivity contribution >= 4 is 39.9 Å². The Balaban J connectivity index is 0.00000162. The Morgan fingerprint density at radius 3 is 2.50 bits per heavy atom. The van der Waals surface area contributed by atoms with Crippen molar-refractivity contribution in [2.75, 3.05) is 0 Å². The van der Waals surface area contributed by atoms with Crippen LogP contribution in [0.25, 0.3) is 0 Å². The standard InChI is InChI=1S/C13H17BrClNO.ClH/c14-10-7-9(5-6-11(10)15)12(16)13(17)8-3-1-2-4-8;/h5-8,12-13,17H,1-4,16H2;1H/t12-,13+;/m1./s1. The van der Waals surface area contributed by atoms with Crippen LogP contribution in [-0.2, 0) is 0 Å². The van der Waals surface area contributed by atoms with E-state index in [1.54, 1.807) is 0 Å². The second-order valence-corrected chi connectivity index (χ2v) is 6.00. The van der Waals surface area contributed by atoms with Gasteiger partial charge < -0.3 is 10.8 Å². The van der Waals surface area contributed by atoms with E-state index in [0.29, 0.717) is 10.9 Å². The molecule has 0 amide bonds. The van der Waals surface area contributed by atoms with Crippen molar-refractivity contribution in [3.63, 3.8) is 0 Å². The van der Waals surface area contributed by atoms with Crippen LogP contribution in [0, 0.1) is 5.92 Å². The first-order chi connectivity index (χ1) is 8.09. The molecular formula is C13H18BrCl2NO. The monoisotopic (exact) mass is 353 g/mol. The molecule has 0 spiro atoms. The van der Waals surface area contributed by atoms with Gasteiger partial charge in [0.1, 0.15) is 0 Å². The lowest BCUT2D eigenvalue weighted by molar-refractivity contribution is 0.0845. The van der Waals surface area contributed by atoms with Gasteiger partial charge in [-0.05, 0) is 52.4 Å². The maximum Gasteiger partial charge on any atom is 0.0760 e. The van der Waals surface area contributed by atoms with Crippen LogP contribution >= 0.6 is 39.9 Å². The number of benzene rings is 1. The molecule has 0 radical (unpaired) electrons. The van der Waals surface area contributed by atoms with E-state index >= 15 is 0 Å². The van der Waals surface area contributed by atoms with E-state index in [1.165, 1.54) is 12.8 Å². The zero-order chi connectivity index (χ0) is 12.4. The third kappa shape index (κ3) is 3.61. The van der Waals surface area contributed by atoms with Crippen molar-refractivity contribution in [3.05, 3.63) is 33.3 Å². The molecule has 1 aliphatic rings. The molecule has 3 N–H and O–H groups in total. The lowest BCUT2D eigenvalue weighted by atomic mass is 9.91. The Kier molecular flexibility index (Phi) is 6.42. The van der Waals surface area contributed by atoms with Crippen molar-refractivity contribution in [1.29, 1.82) is 0 Å². The molecule has 2 atom stereocenters. The average Bonchev–Trinajstić information content (AvgIpc) is 2.84. The van der Waals surface area contributed by atoms with E-state index in [0.717, 1.165) is 22.9 Å². The third-order valence-electron chi connectivity index (χ3n) is 3.58. The zero-order valence-electron chi connectivity index (χ0n) is 9.98. The molecule has 0 bridgehead atoms. The Morgan fingerprint density at radius 2 is 1.94 bits per heavy atom. The predicted octanol–water partition coefficient (Wildman–Crippen LogP) is 4.08. The summed E-state index contributed by atoms with van der Waals surface area (Å²) >= 11 is 9.32. The summed E-state index contributed by atoms with van der Waals surface area (Å²) in [7, 11) is 0. The molecule has 0 heterocycles. The summed E-state index contributed by atoms with van der Waals surface area (Å²) in [6.07, 6.45) is 4.13. The van der Waals surface area contributed by atoms with Crippen LogP contribution < -0.4 is 5.73 Å². The highest BCUT2D eigenvalue weighted by Gasteiger charge is 2.28. The fourth-order valence-corrected chi connectivity index (χ4v) is 3.02. The highest BCUT2D eigenvalue weighted by atomic mass is 79.9. The molecular weight excluding hydrogens is 337 g/mol. The Morgan fingerprint density at radius 1 is 1.33 bits per heavy atom. The van der Waals surface area contributed by atoms with Gasteiger partial charge in [0, 0.05) is 4.47 Å². The van der Waals surface area contributed by atoms with Gasteiger partial charge in [0.15, 0.2) is 0 Å². The number of hydrogen-bond donors (Lipinski definition) is 2. The van der Waals surface area contributed by atoms with E-state index in [9.17, 15) is 5.11 Å². The molecule has 1 fully saturated rings. The van der Waals surface area contributed by atoms with Gasteiger partial charge in [-0.15, -0.1) is 12.4 Å². The van der Waals surface area contributed by atoms with Gasteiger partial charge in [-0.1, -0.05) is 30.5 Å². The molecule has 1 saturated carbocycles. The molecule has 2 nitrogen and oxygen atoms in total. The molecule has 2 rings (SSSR count). The van der Waals surface area contributed by atoms with Crippen molar-refractivity contribution in [2.45, 2.75) is 37.8 Å². The maximum atomic E-state index is 10.3. The molecule has 18 heavy (non-hydrogen) atoms. The fourth-order valence-electron chi connectivity index (χ4n) is 2.51. The van der Waals surface area contributed by atoms with Gasteiger partial charge in [-0.3, -0.25) is 0 Å². The SMILES string of the molecule is Cl.N[C@H](c1ccc(Cl)c(Br)c1)[C@@H](O)C1CCCC1. The minimum atomic E-state index is -0.453. The quantitative estimate of drug-likeness (QED) is 0.859. The average molecular weight is 355 g/mol. The van der Waals surface area contributed by atoms with Crippen LogP contribution in [0.3, 0.4) is 0 Å². The van der Waals surface area contributed by atoms with Crippen molar-refractivity contribution in [1.82, 2.24) is 0 Å². The number of hydrogen-bond acceptors (Lipinski definition) is 2. The zero-order valence-corrected chi connectivity index (χ0v) is 13.1. The normalized spacial score (nSPS) is 19.3. The molecule has 1 aliphatic carbocycles. The molecule has 1 aromatic carbocycles. The number of nitrogens with two attached hydrogens (primary N) is 1. The fraction of sp³-hybridized carbons (Fsp3) is 0.538. The van der Waals surface area contributed by atoms with E-state index in [1.807, 2.05) is 18.2 Å². The van der Waals surface area contributed by atoms with Crippen LogP contribution in [-0.4, -0.2) is 11.2 Å². The van der Waals surface area contributed by atoms with Gasteiger partial charge in [0.05, 0.1) is 17.2 Å². The summed E-state index contributed by atoms with van der Waals surface area (Å²) in [5, 5.41) is 10.9. The first-order valence-electron chi connectivity index (χ1n) is 5.98. The summed E-state index contributed by atoms with van der Waals surface area (Å²) in [5.74, 6) is 0.347. The summed E-state index contributed by atoms with van der Waals surface area (Å²) in [4.78, 5) is 0. The first kappa shape index (κ1) is 16.3. The molecule has 1 aromatic rings.